The van der Waals surface area contributed by atoms with Crippen molar-refractivity contribution in [1.82, 2.24) is 23.6 Å². The van der Waals surface area contributed by atoms with Gasteiger partial charge >= 0.3 is 0 Å². The number of rotatable bonds is 10. The van der Waals surface area contributed by atoms with E-state index in [2.05, 4.69) is 114 Å². The van der Waals surface area contributed by atoms with Crippen LogP contribution in [-0.2, 0) is 50.1 Å². The predicted octanol–water partition coefficient (Wildman–Crippen LogP) is 10.7. The first-order valence-corrected chi connectivity index (χ1v) is 37.5. The predicted molar refractivity (Wildman–Crippen MR) is 313 cm³/mol. The first kappa shape index (κ1) is 73.5. The Labute approximate surface area is 458 Å². The fraction of sp³-hybridized carbons (Fsp3) is 1.00. The average Bonchev–Trinajstić information content (AvgIpc) is 3.20. The zero-order valence-electron chi connectivity index (χ0n) is 50.5. The Balaban J connectivity index is 0.000000894. The van der Waals surface area contributed by atoms with Crippen molar-refractivity contribution in [2.75, 3.05) is 31.3 Å². The van der Waals surface area contributed by atoms with Gasteiger partial charge in [0.25, 0.3) is 0 Å². The SMILES string of the molecule is CC.CC(C)(C)C1CCC(NS(C)(=O)=O)CC1.CC(C)(C)C1CCC(NS(C)(=O)=O)CC1.CC(C)(C)C1CCC(NS(C)(=O)=O)CC1.CC(C)(C)C1CCC(NS(C)(=O)=O)CC1.CC1CCC(NS(C)(=O)=O)CC1. The second kappa shape index (κ2) is 31.5. The molecule has 5 fully saturated rings. The maximum absolute atomic E-state index is 11.1. The Kier molecular flexibility index (Phi) is 31.3. The summed E-state index contributed by atoms with van der Waals surface area (Å²) in [4.78, 5) is 0. The first-order chi connectivity index (χ1) is 33.2. The third-order valence-electron chi connectivity index (χ3n) is 15.7. The maximum Gasteiger partial charge on any atom is 0.208 e. The van der Waals surface area contributed by atoms with Crippen LogP contribution in [-0.4, -0.2) is 104 Å². The third kappa shape index (κ3) is 36.7. The molecule has 446 valence electrons. The average molecular weight is 1150 g/mol. The molecule has 0 aromatic heterocycles. The van der Waals surface area contributed by atoms with Gasteiger partial charge in [-0.1, -0.05) is 104 Å². The number of sulfonamides is 5. The summed E-state index contributed by atoms with van der Waals surface area (Å²) in [6.45, 7) is 33.4. The molecule has 0 atom stereocenters. The molecular weight excluding hydrogens is 1040 g/mol. The van der Waals surface area contributed by atoms with Gasteiger partial charge in [-0.3, -0.25) is 0 Å². The molecule has 5 saturated carbocycles. The molecule has 0 bridgehead atoms. The van der Waals surface area contributed by atoms with Gasteiger partial charge in [0.2, 0.25) is 50.1 Å². The second-order valence-electron chi connectivity index (χ2n) is 27.1. The monoisotopic (exact) mass is 1150 g/mol. The van der Waals surface area contributed by atoms with Crippen LogP contribution in [0.5, 0.6) is 0 Å². The Morgan fingerprint density at radius 3 is 0.486 bits per heavy atom. The van der Waals surface area contributed by atoms with E-state index in [1.807, 2.05) is 13.8 Å². The van der Waals surface area contributed by atoms with Gasteiger partial charge < -0.3 is 0 Å². The molecule has 5 aliphatic carbocycles. The number of hydrogen-bond donors (Lipinski definition) is 5. The van der Waals surface area contributed by atoms with Crippen LogP contribution < -0.4 is 23.6 Å². The molecule has 0 unspecified atom stereocenters. The van der Waals surface area contributed by atoms with Crippen molar-refractivity contribution in [1.29, 1.82) is 0 Å². The fourth-order valence-corrected chi connectivity index (χ4v) is 15.4. The van der Waals surface area contributed by atoms with Crippen molar-refractivity contribution in [3.63, 3.8) is 0 Å². The lowest BCUT2D eigenvalue weighted by Crippen LogP contribution is -2.38. The standard InChI is InChI=1S/4C11H23NO2S.C8H17NO2S.C2H6/c4*1-11(2,3)9-5-7-10(8-6-9)12-15(4,13)14;1-7-3-5-8(6-4-7)9-12(2,10)11;1-2/h4*9-10,12H,5-8H2,1-4H3;7-9H,3-6H2,1-2H3;1-2H3. The molecule has 0 amide bonds. The Hall–Kier alpha value is -0.450. The van der Waals surface area contributed by atoms with Crippen molar-refractivity contribution in [2.45, 2.75) is 262 Å². The van der Waals surface area contributed by atoms with Crippen LogP contribution in [0.4, 0.5) is 0 Å². The number of hydrogen-bond acceptors (Lipinski definition) is 10. The van der Waals surface area contributed by atoms with Gasteiger partial charge in [0.1, 0.15) is 0 Å². The van der Waals surface area contributed by atoms with Gasteiger partial charge in [-0.2, -0.15) is 0 Å². The van der Waals surface area contributed by atoms with Crippen molar-refractivity contribution < 1.29 is 42.1 Å². The lowest BCUT2D eigenvalue weighted by molar-refractivity contribution is 0.166. The van der Waals surface area contributed by atoms with Gasteiger partial charge in [-0.05, 0) is 180 Å². The zero-order chi connectivity index (χ0) is 58.0. The van der Waals surface area contributed by atoms with Gasteiger partial charge in [0.05, 0.1) is 31.3 Å². The topological polar surface area (TPSA) is 231 Å². The summed E-state index contributed by atoms with van der Waals surface area (Å²) in [6, 6.07) is 0.852. The zero-order valence-corrected chi connectivity index (χ0v) is 54.6. The summed E-state index contributed by atoms with van der Waals surface area (Å²) in [5.41, 5.74) is 1.43. The van der Waals surface area contributed by atoms with Gasteiger partial charge in [-0.15, -0.1) is 0 Å². The molecule has 15 nitrogen and oxygen atoms in total. The molecule has 74 heavy (non-hydrogen) atoms. The minimum Gasteiger partial charge on any atom is -0.213 e. The lowest BCUT2D eigenvalue weighted by Gasteiger charge is -2.36. The Morgan fingerprint density at radius 1 is 0.257 bits per heavy atom. The minimum atomic E-state index is -3.03. The van der Waals surface area contributed by atoms with Crippen LogP contribution in [0.2, 0.25) is 0 Å². The van der Waals surface area contributed by atoms with Crippen molar-refractivity contribution >= 4 is 50.1 Å². The minimum absolute atomic E-state index is 0.165. The molecule has 20 heteroatoms. The molecule has 0 aliphatic heterocycles. The van der Waals surface area contributed by atoms with Crippen LogP contribution >= 0.6 is 0 Å². The van der Waals surface area contributed by atoms with E-state index in [1.54, 1.807) is 0 Å². The van der Waals surface area contributed by atoms with Gasteiger partial charge in [-0.25, -0.2) is 65.7 Å². The van der Waals surface area contributed by atoms with Crippen molar-refractivity contribution in [3.8, 4) is 0 Å². The summed E-state index contributed by atoms with van der Waals surface area (Å²) >= 11 is 0. The molecule has 0 aromatic rings. The first-order valence-electron chi connectivity index (χ1n) is 28.1. The Morgan fingerprint density at radius 2 is 0.378 bits per heavy atom. The van der Waals surface area contributed by atoms with E-state index in [1.165, 1.54) is 31.3 Å². The summed E-state index contributed by atoms with van der Waals surface area (Å²) in [7, 11) is -15.1. The van der Waals surface area contributed by atoms with Crippen LogP contribution in [0.3, 0.4) is 0 Å². The summed E-state index contributed by atoms with van der Waals surface area (Å²) in [5, 5.41) is 0. The van der Waals surface area contributed by atoms with Crippen molar-refractivity contribution in [3.05, 3.63) is 0 Å². The van der Waals surface area contributed by atoms with E-state index in [-0.39, 0.29) is 30.2 Å². The molecular formula is C54H115N5O10S5. The highest BCUT2D eigenvalue weighted by molar-refractivity contribution is 7.89. The highest BCUT2D eigenvalue weighted by atomic mass is 32.2. The number of nitrogens with one attached hydrogen (secondary N) is 5. The smallest absolute Gasteiger partial charge is 0.208 e. The van der Waals surface area contributed by atoms with Crippen molar-refractivity contribution in [2.24, 2.45) is 51.2 Å². The highest BCUT2D eigenvalue weighted by Crippen LogP contribution is 2.41. The Bertz CT molecular complexity index is 1870. The summed E-state index contributed by atoms with van der Waals surface area (Å²) < 4.78 is 124. The maximum atomic E-state index is 11.1. The summed E-state index contributed by atoms with van der Waals surface area (Å²) in [6.07, 6.45) is 27.4. The summed E-state index contributed by atoms with van der Waals surface area (Å²) in [5.74, 6) is 3.69. The molecule has 5 N–H and O–H groups in total. The van der Waals surface area contributed by atoms with E-state index in [9.17, 15) is 42.1 Å². The van der Waals surface area contributed by atoms with Crippen LogP contribution in [0.25, 0.3) is 0 Å². The van der Waals surface area contributed by atoms with Crippen LogP contribution in [0, 0.1) is 51.2 Å². The highest BCUT2D eigenvalue weighted by Gasteiger charge is 2.34. The fourth-order valence-electron chi connectivity index (χ4n) is 11.2. The third-order valence-corrected chi connectivity index (χ3v) is 19.5. The largest absolute Gasteiger partial charge is 0.213 e. The normalized spacial score (nSPS) is 28.8. The molecule has 5 rings (SSSR count). The lowest BCUT2D eigenvalue weighted by atomic mass is 9.71. The molecule has 0 heterocycles. The van der Waals surface area contributed by atoms with Gasteiger partial charge in [0.15, 0.2) is 0 Å². The van der Waals surface area contributed by atoms with Crippen LogP contribution in [0.1, 0.15) is 232 Å². The molecule has 0 saturated heterocycles. The quantitative estimate of drug-likeness (QED) is 0.139. The molecule has 5 aliphatic rings. The van der Waals surface area contributed by atoms with Crippen LogP contribution in [0.15, 0.2) is 0 Å². The van der Waals surface area contributed by atoms with E-state index >= 15 is 0 Å². The molecule has 0 spiro atoms. The van der Waals surface area contributed by atoms with E-state index in [0.717, 1.165) is 158 Å². The van der Waals surface area contributed by atoms with E-state index in [0.29, 0.717) is 21.7 Å². The van der Waals surface area contributed by atoms with E-state index < -0.39 is 50.1 Å². The van der Waals surface area contributed by atoms with Gasteiger partial charge in [0, 0.05) is 30.2 Å². The van der Waals surface area contributed by atoms with E-state index in [4.69, 9.17) is 0 Å². The molecule has 0 aromatic carbocycles. The second-order valence-corrected chi connectivity index (χ2v) is 36.0. The molecule has 0 radical (unpaired) electrons.